The largest absolute Gasteiger partial charge is 0.314 e. The van der Waals surface area contributed by atoms with E-state index in [2.05, 4.69) is 22.1 Å². The predicted octanol–water partition coefficient (Wildman–Crippen LogP) is 1.60. The van der Waals surface area contributed by atoms with Gasteiger partial charge in [0, 0.05) is 36.8 Å². The normalized spacial score (nSPS) is 16.6. The third-order valence-corrected chi connectivity index (χ3v) is 2.84. The SMILES string of the molecule is Clc1ccc(C#CCN2CCNCC2)cc1. The number of nitrogens with one attached hydrogen (secondary N) is 1. The van der Waals surface area contributed by atoms with Gasteiger partial charge in [0.15, 0.2) is 0 Å². The first-order valence-corrected chi connectivity index (χ1v) is 5.90. The monoisotopic (exact) mass is 234 g/mol. The topological polar surface area (TPSA) is 15.3 Å². The van der Waals surface area contributed by atoms with Crippen LogP contribution in [-0.4, -0.2) is 37.6 Å². The zero-order valence-electron chi connectivity index (χ0n) is 9.17. The first-order valence-electron chi connectivity index (χ1n) is 5.52. The van der Waals surface area contributed by atoms with Gasteiger partial charge >= 0.3 is 0 Å². The number of halogens is 1. The molecule has 1 aliphatic rings. The van der Waals surface area contributed by atoms with E-state index < -0.39 is 0 Å². The van der Waals surface area contributed by atoms with Crippen LogP contribution < -0.4 is 5.32 Å². The minimum Gasteiger partial charge on any atom is -0.314 e. The van der Waals surface area contributed by atoms with Gasteiger partial charge in [-0.25, -0.2) is 0 Å². The van der Waals surface area contributed by atoms with E-state index in [1.54, 1.807) is 0 Å². The Morgan fingerprint density at radius 2 is 1.88 bits per heavy atom. The van der Waals surface area contributed by atoms with E-state index in [0.717, 1.165) is 43.3 Å². The molecule has 1 saturated heterocycles. The second-order valence-corrected chi connectivity index (χ2v) is 4.27. The molecule has 2 nitrogen and oxygen atoms in total. The van der Waals surface area contributed by atoms with Gasteiger partial charge in [0.1, 0.15) is 0 Å². The highest BCUT2D eigenvalue weighted by atomic mass is 35.5. The van der Waals surface area contributed by atoms with Crippen LogP contribution in [0.3, 0.4) is 0 Å². The molecule has 0 radical (unpaired) electrons. The van der Waals surface area contributed by atoms with Crippen molar-refractivity contribution < 1.29 is 0 Å². The van der Waals surface area contributed by atoms with Crippen LogP contribution in [0.2, 0.25) is 5.02 Å². The Morgan fingerprint density at radius 3 is 2.56 bits per heavy atom. The zero-order valence-corrected chi connectivity index (χ0v) is 9.93. The van der Waals surface area contributed by atoms with Crippen molar-refractivity contribution in [3.05, 3.63) is 34.9 Å². The smallest absolute Gasteiger partial charge is 0.0606 e. The van der Waals surface area contributed by atoms with Crippen molar-refractivity contribution in [3.63, 3.8) is 0 Å². The summed E-state index contributed by atoms with van der Waals surface area (Å²) >= 11 is 5.80. The molecule has 0 amide bonds. The molecule has 1 aliphatic heterocycles. The Balaban J connectivity index is 1.87. The van der Waals surface area contributed by atoms with Crippen LogP contribution in [0.4, 0.5) is 0 Å². The van der Waals surface area contributed by atoms with E-state index in [-0.39, 0.29) is 0 Å². The highest BCUT2D eigenvalue weighted by Crippen LogP contribution is 2.08. The summed E-state index contributed by atoms with van der Waals surface area (Å²) in [6.45, 7) is 5.18. The fourth-order valence-electron chi connectivity index (χ4n) is 1.66. The van der Waals surface area contributed by atoms with Crippen LogP contribution in [0.25, 0.3) is 0 Å². The van der Waals surface area contributed by atoms with Crippen molar-refractivity contribution in [1.29, 1.82) is 0 Å². The van der Waals surface area contributed by atoms with Crippen molar-refractivity contribution in [2.24, 2.45) is 0 Å². The molecule has 84 valence electrons. The number of nitrogens with zero attached hydrogens (tertiary/aromatic N) is 1. The van der Waals surface area contributed by atoms with Crippen LogP contribution >= 0.6 is 11.6 Å². The predicted molar refractivity (Wildman–Crippen MR) is 67.6 cm³/mol. The van der Waals surface area contributed by atoms with E-state index >= 15 is 0 Å². The standard InChI is InChI=1S/C13H15ClN2/c14-13-5-3-12(4-6-13)2-1-9-16-10-7-15-8-11-16/h3-6,15H,7-11H2. The molecule has 1 fully saturated rings. The fourth-order valence-corrected chi connectivity index (χ4v) is 1.78. The summed E-state index contributed by atoms with van der Waals surface area (Å²) in [4.78, 5) is 2.36. The van der Waals surface area contributed by atoms with Crippen molar-refractivity contribution >= 4 is 11.6 Å². The number of rotatable bonds is 1. The van der Waals surface area contributed by atoms with E-state index in [0.29, 0.717) is 0 Å². The van der Waals surface area contributed by atoms with Gasteiger partial charge in [-0.1, -0.05) is 23.4 Å². The summed E-state index contributed by atoms with van der Waals surface area (Å²) in [6.07, 6.45) is 0. The Kier molecular flexibility index (Phi) is 4.24. The molecule has 0 aromatic heterocycles. The molecule has 0 spiro atoms. The number of benzene rings is 1. The van der Waals surface area contributed by atoms with Crippen LogP contribution in [-0.2, 0) is 0 Å². The molecule has 0 atom stereocenters. The summed E-state index contributed by atoms with van der Waals surface area (Å²) in [5, 5.41) is 4.08. The highest BCUT2D eigenvalue weighted by Gasteiger charge is 2.06. The van der Waals surface area contributed by atoms with Crippen LogP contribution in [0.5, 0.6) is 0 Å². The van der Waals surface area contributed by atoms with Crippen molar-refractivity contribution in [2.45, 2.75) is 0 Å². The maximum atomic E-state index is 5.80. The zero-order chi connectivity index (χ0) is 11.2. The average molecular weight is 235 g/mol. The molecule has 1 aromatic carbocycles. The summed E-state index contributed by atoms with van der Waals surface area (Å²) in [6, 6.07) is 7.65. The van der Waals surface area contributed by atoms with E-state index in [9.17, 15) is 0 Å². The van der Waals surface area contributed by atoms with Gasteiger partial charge in [-0.2, -0.15) is 0 Å². The lowest BCUT2D eigenvalue weighted by atomic mass is 10.2. The molecule has 0 saturated carbocycles. The molecular formula is C13H15ClN2. The van der Waals surface area contributed by atoms with Gasteiger partial charge in [0.25, 0.3) is 0 Å². The summed E-state index contributed by atoms with van der Waals surface area (Å²) in [7, 11) is 0. The Labute approximate surface area is 102 Å². The Hall–Kier alpha value is -1.01. The molecule has 0 unspecified atom stereocenters. The second-order valence-electron chi connectivity index (χ2n) is 3.83. The van der Waals surface area contributed by atoms with E-state index in [4.69, 9.17) is 11.6 Å². The minimum atomic E-state index is 0.757. The average Bonchev–Trinajstić information content (AvgIpc) is 2.33. The van der Waals surface area contributed by atoms with E-state index in [1.165, 1.54) is 0 Å². The van der Waals surface area contributed by atoms with Crippen molar-refractivity contribution in [1.82, 2.24) is 10.2 Å². The van der Waals surface area contributed by atoms with Crippen LogP contribution in [0, 0.1) is 11.8 Å². The quantitative estimate of drug-likeness (QED) is 0.743. The summed E-state index contributed by atoms with van der Waals surface area (Å²) in [5.41, 5.74) is 1.03. The van der Waals surface area contributed by atoms with Gasteiger partial charge < -0.3 is 5.32 Å². The molecule has 3 heteroatoms. The lowest BCUT2D eigenvalue weighted by Crippen LogP contribution is -2.43. The fraction of sp³-hybridized carbons (Fsp3) is 0.385. The van der Waals surface area contributed by atoms with Crippen molar-refractivity contribution in [3.8, 4) is 11.8 Å². The van der Waals surface area contributed by atoms with Gasteiger partial charge in [-0.15, -0.1) is 0 Å². The molecule has 0 aliphatic carbocycles. The van der Waals surface area contributed by atoms with Gasteiger partial charge in [0.2, 0.25) is 0 Å². The Bertz CT molecular complexity index is 383. The third-order valence-electron chi connectivity index (χ3n) is 2.59. The first-order chi connectivity index (χ1) is 7.84. The molecule has 1 heterocycles. The lowest BCUT2D eigenvalue weighted by Gasteiger charge is -2.24. The third kappa shape index (κ3) is 3.53. The maximum absolute atomic E-state index is 5.80. The first kappa shape index (κ1) is 11.5. The summed E-state index contributed by atoms with van der Waals surface area (Å²) in [5.74, 6) is 6.34. The van der Waals surface area contributed by atoms with Crippen molar-refractivity contribution in [2.75, 3.05) is 32.7 Å². The molecule has 16 heavy (non-hydrogen) atoms. The Morgan fingerprint density at radius 1 is 1.19 bits per heavy atom. The second kappa shape index (κ2) is 5.91. The van der Waals surface area contributed by atoms with Crippen LogP contribution in [0.1, 0.15) is 5.56 Å². The van der Waals surface area contributed by atoms with Crippen LogP contribution in [0.15, 0.2) is 24.3 Å². The summed E-state index contributed by atoms with van der Waals surface area (Å²) < 4.78 is 0. The number of piperazine rings is 1. The molecule has 2 rings (SSSR count). The number of hydrogen-bond acceptors (Lipinski definition) is 2. The van der Waals surface area contributed by atoms with E-state index in [1.807, 2.05) is 24.3 Å². The molecule has 0 bridgehead atoms. The highest BCUT2D eigenvalue weighted by molar-refractivity contribution is 6.30. The number of hydrogen-bond donors (Lipinski definition) is 1. The lowest BCUT2D eigenvalue weighted by molar-refractivity contribution is 0.268. The van der Waals surface area contributed by atoms with Gasteiger partial charge in [-0.05, 0) is 24.3 Å². The molecular weight excluding hydrogens is 220 g/mol. The maximum Gasteiger partial charge on any atom is 0.0606 e. The van der Waals surface area contributed by atoms with Gasteiger partial charge in [-0.3, -0.25) is 4.90 Å². The van der Waals surface area contributed by atoms with Gasteiger partial charge in [0.05, 0.1) is 6.54 Å². The minimum absolute atomic E-state index is 0.757. The molecule has 1 N–H and O–H groups in total. The molecule has 1 aromatic rings.